The van der Waals surface area contributed by atoms with Gasteiger partial charge in [-0.25, -0.2) is 4.39 Å². The summed E-state index contributed by atoms with van der Waals surface area (Å²) in [5.74, 6) is -0.286. The normalized spacial score (nSPS) is 15.7. The molecule has 0 N–H and O–H groups in total. The van der Waals surface area contributed by atoms with E-state index in [0.29, 0.717) is 12.4 Å². The van der Waals surface area contributed by atoms with Crippen LogP contribution in [0.25, 0.3) is 0 Å². The van der Waals surface area contributed by atoms with Crippen LogP contribution in [0, 0.1) is 5.82 Å². The molecule has 1 saturated heterocycles. The summed E-state index contributed by atoms with van der Waals surface area (Å²) in [6.07, 6.45) is 3.52. The highest BCUT2D eigenvalue weighted by atomic mass is 19.1. The third-order valence-electron chi connectivity index (χ3n) is 3.41. The van der Waals surface area contributed by atoms with Crippen LogP contribution in [0.3, 0.4) is 0 Å². The van der Waals surface area contributed by atoms with E-state index >= 15 is 0 Å². The number of hydrogen-bond acceptors (Lipinski definition) is 3. The van der Waals surface area contributed by atoms with Crippen molar-refractivity contribution < 1.29 is 13.9 Å². The fourth-order valence-corrected chi connectivity index (χ4v) is 2.36. The lowest BCUT2D eigenvalue weighted by atomic mass is 10.1. The summed E-state index contributed by atoms with van der Waals surface area (Å²) in [7, 11) is 0. The van der Waals surface area contributed by atoms with Crippen LogP contribution in [0.2, 0.25) is 0 Å². The van der Waals surface area contributed by atoms with Gasteiger partial charge in [0.2, 0.25) is 0 Å². The molecule has 104 valence electrons. The van der Waals surface area contributed by atoms with Gasteiger partial charge in [0, 0.05) is 12.6 Å². The molecule has 0 saturated carbocycles. The molecule has 4 heteroatoms. The fourth-order valence-electron chi connectivity index (χ4n) is 2.36. The number of carbonyl (C=O) groups excluding carboxylic acids is 1. The molecule has 0 unspecified atom stereocenters. The number of carbonyl (C=O) groups is 1. The maximum Gasteiger partial charge on any atom is 0.162 e. The number of hydrogen-bond donors (Lipinski definition) is 0. The largest absolute Gasteiger partial charge is 0.493 e. The van der Waals surface area contributed by atoms with Crippen molar-refractivity contribution in [3.63, 3.8) is 0 Å². The molecule has 1 heterocycles. The Hall–Kier alpha value is -1.42. The van der Waals surface area contributed by atoms with Crippen LogP contribution in [0.15, 0.2) is 18.2 Å². The zero-order chi connectivity index (χ0) is 13.7. The van der Waals surface area contributed by atoms with Gasteiger partial charge in [-0.05, 0) is 51.4 Å². The van der Waals surface area contributed by atoms with Crippen molar-refractivity contribution in [3.05, 3.63) is 29.6 Å². The van der Waals surface area contributed by atoms with Crippen molar-refractivity contribution in [3.8, 4) is 5.75 Å². The highest BCUT2D eigenvalue weighted by Gasteiger charge is 2.11. The van der Waals surface area contributed by atoms with Crippen LogP contribution in [-0.4, -0.2) is 36.9 Å². The number of Topliss-reactive ketones (excluding diaryl/α,β-unsaturated/α-hetero) is 1. The number of rotatable bonds is 6. The second-order valence-electron chi connectivity index (χ2n) is 4.95. The van der Waals surface area contributed by atoms with Gasteiger partial charge in [-0.2, -0.15) is 0 Å². The minimum absolute atomic E-state index is 0.115. The lowest BCUT2D eigenvalue weighted by molar-refractivity contribution is 0.101. The summed E-state index contributed by atoms with van der Waals surface area (Å²) in [6.45, 7) is 5.34. The molecule has 0 aliphatic carbocycles. The molecule has 1 aliphatic heterocycles. The smallest absolute Gasteiger partial charge is 0.162 e. The second kappa shape index (κ2) is 6.66. The lowest BCUT2D eigenvalue weighted by Crippen LogP contribution is -2.21. The number of halogens is 1. The summed E-state index contributed by atoms with van der Waals surface area (Å²) in [5.41, 5.74) is 0.115. The standard InChI is InChI=1S/C15H20FNO2/c1-12(18)14-6-5-13(11-15(14)16)19-10-4-9-17-7-2-3-8-17/h5-6,11H,2-4,7-10H2,1H3. The first-order chi connectivity index (χ1) is 9.16. The summed E-state index contributed by atoms with van der Waals surface area (Å²) in [4.78, 5) is 13.5. The second-order valence-corrected chi connectivity index (χ2v) is 4.95. The van der Waals surface area contributed by atoms with Gasteiger partial charge in [0.25, 0.3) is 0 Å². The van der Waals surface area contributed by atoms with Crippen molar-refractivity contribution in [1.29, 1.82) is 0 Å². The van der Waals surface area contributed by atoms with Gasteiger partial charge in [-0.3, -0.25) is 4.79 Å². The average Bonchev–Trinajstić information content (AvgIpc) is 2.87. The molecule has 0 spiro atoms. The molecule has 0 radical (unpaired) electrons. The van der Waals surface area contributed by atoms with Crippen LogP contribution >= 0.6 is 0 Å². The van der Waals surface area contributed by atoms with Crippen LogP contribution in [0.5, 0.6) is 5.75 Å². The van der Waals surface area contributed by atoms with E-state index in [0.717, 1.165) is 13.0 Å². The number of ketones is 1. The molecule has 1 aromatic carbocycles. The SMILES string of the molecule is CC(=O)c1ccc(OCCCN2CCCC2)cc1F. The van der Waals surface area contributed by atoms with Gasteiger partial charge in [0.1, 0.15) is 11.6 Å². The molecule has 1 aromatic rings. The fraction of sp³-hybridized carbons (Fsp3) is 0.533. The van der Waals surface area contributed by atoms with E-state index in [-0.39, 0.29) is 11.3 Å². The van der Waals surface area contributed by atoms with Gasteiger partial charge < -0.3 is 9.64 Å². The van der Waals surface area contributed by atoms with E-state index in [1.807, 2.05) is 0 Å². The minimum Gasteiger partial charge on any atom is -0.493 e. The first kappa shape index (κ1) is 14.0. The maximum atomic E-state index is 13.5. The number of ether oxygens (including phenoxy) is 1. The zero-order valence-corrected chi connectivity index (χ0v) is 11.3. The predicted octanol–water partition coefficient (Wildman–Crippen LogP) is 2.89. The topological polar surface area (TPSA) is 29.5 Å². The Kier molecular flexibility index (Phi) is 4.91. The van der Waals surface area contributed by atoms with Crippen LogP contribution in [0.1, 0.15) is 36.5 Å². The summed E-state index contributed by atoms with van der Waals surface area (Å²) >= 11 is 0. The van der Waals surface area contributed by atoms with E-state index in [2.05, 4.69) is 4.90 Å². The van der Waals surface area contributed by atoms with Crippen LogP contribution in [-0.2, 0) is 0 Å². The molecule has 0 atom stereocenters. The quantitative estimate of drug-likeness (QED) is 0.585. The number of likely N-dealkylation sites (tertiary alicyclic amines) is 1. The predicted molar refractivity (Wildman–Crippen MR) is 72.2 cm³/mol. The number of benzene rings is 1. The minimum atomic E-state index is -0.510. The maximum absolute atomic E-state index is 13.5. The third-order valence-corrected chi connectivity index (χ3v) is 3.41. The molecule has 3 nitrogen and oxygen atoms in total. The molecule has 19 heavy (non-hydrogen) atoms. The highest BCUT2D eigenvalue weighted by molar-refractivity contribution is 5.94. The van der Waals surface area contributed by atoms with Crippen molar-refractivity contribution >= 4 is 5.78 Å². The molecule has 0 amide bonds. The first-order valence-electron chi connectivity index (χ1n) is 6.82. The monoisotopic (exact) mass is 265 g/mol. The van der Waals surface area contributed by atoms with E-state index in [1.54, 1.807) is 6.07 Å². The lowest BCUT2D eigenvalue weighted by Gasteiger charge is -2.14. The Bertz CT molecular complexity index is 442. The van der Waals surface area contributed by atoms with Crippen molar-refractivity contribution in [2.75, 3.05) is 26.2 Å². The average molecular weight is 265 g/mol. The van der Waals surface area contributed by atoms with Gasteiger partial charge >= 0.3 is 0 Å². The van der Waals surface area contributed by atoms with Gasteiger partial charge in [-0.1, -0.05) is 0 Å². The van der Waals surface area contributed by atoms with E-state index in [9.17, 15) is 9.18 Å². The molecule has 1 fully saturated rings. The summed E-state index contributed by atoms with van der Waals surface area (Å²) in [5, 5.41) is 0. The summed E-state index contributed by atoms with van der Waals surface area (Å²) < 4.78 is 19.1. The molecule has 2 rings (SSSR count). The Morgan fingerprint density at radius 3 is 2.74 bits per heavy atom. The van der Waals surface area contributed by atoms with Crippen molar-refractivity contribution in [2.24, 2.45) is 0 Å². The van der Waals surface area contributed by atoms with E-state index in [1.165, 1.54) is 45.0 Å². The molecule has 1 aliphatic rings. The van der Waals surface area contributed by atoms with E-state index < -0.39 is 5.82 Å². The molecular weight excluding hydrogens is 245 g/mol. The Morgan fingerprint density at radius 1 is 1.37 bits per heavy atom. The van der Waals surface area contributed by atoms with Crippen molar-refractivity contribution in [1.82, 2.24) is 4.90 Å². The van der Waals surface area contributed by atoms with Crippen molar-refractivity contribution in [2.45, 2.75) is 26.2 Å². The molecule has 0 aromatic heterocycles. The zero-order valence-electron chi connectivity index (χ0n) is 11.3. The Labute approximate surface area is 113 Å². The van der Waals surface area contributed by atoms with E-state index in [4.69, 9.17) is 4.74 Å². The van der Waals surface area contributed by atoms with Crippen LogP contribution < -0.4 is 4.74 Å². The highest BCUT2D eigenvalue weighted by Crippen LogP contribution is 2.17. The number of nitrogens with zero attached hydrogens (tertiary/aromatic N) is 1. The molecule has 0 bridgehead atoms. The van der Waals surface area contributed by atoms with Gasteiger partial charge in [-0.15, -0.1) is 0 Å². The van der Waals surface area contributed by atoms with Gasteiger partial charge in [0.05, 0.1) is 12.2 Å². The van der Waals surface area contributed by atoms with Crippen LogP contribution in [0.4, 0.5) is 4.39 Å². The Morgan fingerprint density at radius 2 is 2.11 bits per heavy atom. The summed E-state index contributed by atoms with van der Waals surface area (Å²) in [6, 6.07) is 4.41. The third kappa shape index (κ3) is 4.03. The Balaban J connectivity index is 1.76. The van der Waals surface area contributed by atoms with Gasteiger partial charge in [0.15, 0.2) is 5.78 Å². The molecular formula is C15H20FNO2. The first-order valence-corrected chi connectivity index (χ1v) is 6.82.